The van der Waals surface area contributed by atoms with Gasteiger partial charge in [-0.15, -0.1) is 0 Å². The molecule has 0 saturated heterocycles. The first-order valence-corrected chi connectivity index (χ1v) is 7.69. The van der Waals surface area contributed by atoms with Crippen LogP contribution in [-0.4, -0.2) is 26.8 Å². The fourth-order valence-electron chi connectivity index (χ4n) is 3.27. The molecule has 1 saturated carbocycles. The highest BCUT2D eigenvalue weighted by Crippen LogP contribution is 2.29. The van der Waals surface area contributed by atoms with Gasteiger partial charge in [0.25, 0.3) is 0 Å². The predicted molar refractivity (Wildman–Crippen MR) is 83.4 cm³/mol. The molecule has 0 spiro atoms. The predicted octanol–water partition coefficient (Wildman–Crippen LogP) is 2.58. The van der Waals surface area contributed by atoms with E-state index >= 15 is 0 Å². The monoisotopic (exact) mass is 285 g/mol. The molecule has 0 aliphatic heterocycles. The number of aliphatic hydroxyl groups is 1. The normalized spacial score (nSPS) is 17.2. The van der Waals surface area contributed by atoms with Crippen LogP contribution in [0.2, 0.25) is 0 Å². The minimum atomic E-state index is -0.0975. The minimum absolute atomic E-state index is 0.0975. The highest BCUT2D eigenvalue weighted by molar-refractivity contribution is 5.35. The molecule has 112 valence electrons. The topological polar surface area (TPSA) is 50.1 Å². The molecule has 2 aromatic rings. The van der Waals surface area contributed by atoms with Crippen molar-refractivity contribution in [1.29, 1.82) is 0 Å². The number of rotatable bonds is 5. The van der Waals surface area contributed by atoms with Gasteiger partial charge in [-0.2, -0.15) is 0 Å². The largest absolute Gasteiger partial charge is 0.394 e. The van der Waals surface area contributed by atoms with E-state index in [-0.39, 0.29) is 12.1 Å². The first-order chi connectivity index (χ1) is 10.2. The van der Waals surface area contributed by atoms with Gasteiger partial charge in [-0.25, -0.2) is 4.98 Å². The van der Waals surface area contributed by atoms with E-state index in [1.165, 1.54) is 12.8 Å². The quantitative estimate of drug-likeness (QED) is 0.887. The Morgan fingerprint density at radius 2 is 1.95 bits per heavy atom. The molecule has 0 atom stereocenters. The van der Waals surface area contributed by atoms with Gasteiger partial charge in [-0.3, -0.25) is 4.57 Å². The second kappa shape index (κ2) is 6.00. The third-order valence-corrected chi connectivity index (χ3v) is 4.53. The molecule has 0 amide bonds. The van der Waals surface area contributed by atoms with Gasteiger partial charge in [0.05, 0.1) is 18.5 Å². The van der Waals surface area contributed by atoms with Crippen molar-refractivity contribution in [3.63, 3.8) is 0 Å². The van der Waals surface area contributed by atoms with Crippen molar-refractivity contribution >= 4 is 0 Å². The summed E-state index contributed by atoms with van der Waals surface area (Å²) in [6, 6.07) is 10.3. The van der Waals surface area contributed by atoms with Crippen LogP contribution in [0.1, 0.15) is 37.2 Å². The Labute approximate surface area is 125 Å². The number of nitrogens with zero attached hydrogens (tertiary/aromatic N) is 2. The summed E-state index contributed by atoms with van der Waals surface area (Å²) < 4.78 is 2.17. The summed E-state index contributed by atoms with van der Waals surface area (Å²) in [4.78, 5) is 4.45. The number of hydrogen-bond acceptors (Lipinski definition) is 3. The molecule has 0 radical (unpaired) electrons. The molecular weight excluding hydrogens is 262 g/mol. The average molecular weight is 285 g/mol. The number of benzene rings is 1. The Hall–Kier alpha value is -1.65. The van der Waals surface area contributed by atoms with Crippen LogP contribution in [0.3, 0.4) is 0 Å². The van der Waals surface area contributed by atoms with Crippen molar-refractivity contribution in [3.05, 3.63) is 48.0 Å². The third-order valence-electron chi connectivity index (χ3n) is 4.53. The highest BCUT2D eigenvalue weighted by atomic mass is 16.3. The minimum Gasteiger partial charge on any atom is -0.394 e. The van der Waals surface area contributed by atoms with Crippen LogP contribution in [-0.2, 0) is 6.54 Å². The lowest BCUT2D eigenvalue weighted by Crippen LogP contribution is -2.45. The third kappa shape index (κ3) is 2.87. The molecule has 21 heavy (non-hydrogen) atoms. The van der Waals surface area contributed by atoms with Crippen LogP contribution in [0, 0.1) is 6.92 Å². The molecule has 1 heterocycles. The number of aliphatic hydroxyl groups excluding tert-OH is 1. The van der Waals surface area contributed by atoms with Gasteiger partial charge < -0.3 is 10.4 Å². The standard InChI is InChI=1S/C17H23N3O/c1-14-18-11-16(20(14)15-7-3-2-4-8-15)12-19-17(13-21)9-5-6-10-17/h2-4,7-8,11,19,21H,5-6,9-10,12-13H2,1H3. The van der Waals surface area contributed by atoms with E-state index in [0.717, 1.165) is 36.6 Å². The fraction of sp³-hybridized carbons (Fsp3) is 0.471. The summed E-state index contributed by atoms with van der Waals surface area (Å²) in [6.45, 7) is 2.97. The van der Waals surface area contributed by atoms with E-state index in [4.69, 9.17) is 0 Å². The number of nitrogens with one attached hydrogen (secondary N) is 1. The van der Waals surface area contributed by atoms with E-state index < -0.39 is 0 Å². The number of para-hydroxylation sites is 1. The zero-order valence-electron chi connectivity index (χ0n) is 12.5. The molecule has 4 nitrogen and oxygen atoms in total. The molecule has 4 heteroatoms. The molecule has 3 rings (SSSR count). The van der Waals surface area contributed by atoms with E-state index in [9.17, 15) is 5.11 Å². The van der Waals surface area contributed by atoms with Crippen LogP contribution in [0.15, 0.2) is 36.5 Å². The number of hydrogen-bond donors (Lipinski definition) is 2. The lowest BCUT2D eigenvalue weighted by atomic mass is 9.99. The van der Waals surface area contributed by atoms with Gasteiger partial charge >= 0.3 is 0 Å². The van der Waals surface area contributed by atoms with Crippen molar-refractivity contribution < 1.29 is 5.11 Å². The van der Waals surface area contributed by atoms with E-state index in [1.807, 2.05) is 31.3 Å². The smallest absolute Gasteiger partial charge is 0.110 e. The number of aromatic nitrogens is 2. The van der Waals surface area contributed by atoms with Crippen molar-refractivity contribution in [2.45, 2.75) is 44.7 Å². The maximum atomic E-state index is 9.70. The summed E-state index contributed by atoms with van der Waals surface area (Å²) in [5, 5.41) is 13.3. The Morgan fingerprint density at radius 1 is 1.24 bits per heavy atom. The molecular formula is C17H23N3O. The van der Waals surface area contributed by atoms with Crippen molar-refractivity contribution in [1.82, 2.24) is 14.9 Å². The van der Waals surface area contributed by atoms with Crippen LogP contribution in [0.5, 0.6) is 0 Å². The van der Waals surface area contributed by atoms with Crippen molar-refractivity contribution in [2.75, 3.05) is 6.61 Å². The van der Waals surface area contributed by atoms with Crippen LogP contribution in [0.25, 0.3) is 5.69 Å². The highest BCUT2D eigenvalue weighted by Gasteiger charge is 2.32. The molecule has 1 aliphatic carbocycles. The lowest BCUT2D eigenvalue weighted by molar-refractivity contribution is 0.162. The van der Waals surface area contributed by atoms with Crippen LogP contribution in [0.4, 0.5) is 0 Å². The van der Waals surface area contributed by atoms with Gasteiger partial charge in [0.1, 0.15) is 5.82 Å². The first kappa shape index (κ1) is 14.3. The summed E-state index contributed by atoms with van der Waals surface area (Å²) in [6.07, 6.45) is 6.44. The Balaban J connectivity index is 1.81. The Morgan fingerprint density at radius 3 is 2.62 bits per heavy atom. The second-order valence-corrected chi connectivity index (χ2v) is 5.97. The van der Waals surface area contributed by atoms with Gasteiger partial charge in [-0.1, -0.05) is 31.0 Å². The van der Waals surface area contributed by atoms with E-state index in [2.05, 4.69) is 27.0 Å². The van der Waals surface area contributed by atoms with Gasteiger partial charge in [0.15, 0.2) is 0 Å². The van der Waals surface area contributed by atoms with Gasteiger partial charge in [0.2, 0.25) is 0 Å². The zero-order valence-corrected chi connectivity index (χ0v) is 12.5. The fourth-order valence-corrected chi connectivity index (χ4v) is 3.27. The maximum absolute atomic E-state index is 9.70. The Kier molecular flexibility index (Phi) is 4.08. The van der Waals surface area contributed by atoms with Gasteiger partial charge in [0, 0.05) is 17.8 Å². The van der Waals surface area contributed by atoms with Crippen LogP contribution < -0.4 is 5.32 Å². The molecule has 1 aliphatic rings. The molecule has 0 bridgehead atoms. The molecule has 1 fully saturated rings. The average Bonchev–Trinajstić information content (AvgIpc) is 3.13. The number of imidazole rings is 1. The SMILES string of the molecule is Cc1ncc(CNC2(CO)CCCC2)n1-c1ccccc1. The van der Waals surface area contributed by atoms with Crippen molar-refractivity contribution in [2.24, 2.45) is 0 Å². The van der Waals surface area contributed by atoms with Crippen molar-refractivity contribution in [3.8, 4) is 5.69 Å². The zero-order chi connectivity index (χ0) is 14.7. The van der Waals surface area contributed by atoms with Crippen LogP contribution >= 0.6 is 0 Å². The molecule has 0 unspecified atom stereocenters. The van der Waals surface area contributed by atoms with E-state index in [0.29, 0.717) is 0 Å². The Bertz CT molecular complexity index is 585. The second-order valence-electron chi connectivity index (χ2n) is 5.97. The first-order valence-electron chi connectivity index (χ1n) is 7.69. The van der Waals surface area contributed by atoms with Gasteiger partial charge in [-0.05, 0) is 31.9 Å². The summed E-state index contributed by atoms with van der Waals surface area (Å²) >= 11 is 0. The number of aryl methyl sites for hydroxylation is 1. The lowest BCUT2D eigenvalue weighted by Gasteiger charge is -2.28. The molecule has 2 N–H and O–H groups in total. The summed E-state index contributed by atoms with van der Waals surface area (Å²) in [7, 11) is 0. The maximum Gasteiger partial charge on any atom is 0.110 e. The molecule has 1 aromatic carbocycles. The molecule has 1 aromatic heterocycles. The summed E-state index contributed by atoms with van der Waals surface area (Å²) in [5.74, 6) is 0.988. The van der Waals surface area contributed by atoms with E-state index in [1.54, 1.807) is 0 Å². The summed E-state index contributed by atoms with van der Waals surface area (Å²) in [5.41, 5.74) is 2.17.